The Morgan fingerprint density at radius 3 is 2.52 bits per heavy atom. The molecule has 0 aliphatic carbocycles. The highest BCUT2D eigenvalue weighted by molar-refractivity contribution is 7.90. The molecule has 3 rings (SSSR count). The van der Waals surface area contributed by atoms with Crippen LogP contribution in [-0.4, -0.2) is 48.8 Å². The second-order valence-electron chi connectivity index (χ2n) is 6.32. The van der Waals surface area contributed by atoms with Crippen molar-refractivity contribution in [1.82, 2.24) is 15.3 Å². The van der Waals surface area contributed by atoms with Gasteiger partial charge in [0.15, 0.2) is 14.9 Å². The number of nitrogens with zero attached hydrogens (tertiary/aromatic N) is 2. The zero-order valence-corrected chi connectivity index (χ0v) is 16.6. The lowest BCUT2D eigenvalue weighted by molar-refractivity contribution is -0.138. The highest BCUT2D eigenvalue weighted by Crippen LogP contribution is 2.16. The van der Waals surface area contributed by atoms with Gasteiger partial charge < -0.3 is 9.73 Å². The number of rotatable bonds is 5. The summed E-state index contributed by atoms with van der Waals surface area (Å²) in [6.07, 6.45) is 3.77. The summed E-state index contributed by atoms with van der Waals surface area (Å²) >= 11 is 5.42. The van der Waals surface area contributed by atoms with Gasteiger partial charge in [-0.1, -0.05) is 12.1 Å². The lowest BCUT2D eigenvalue weighted by Crippen LogP contribution is -2.49. The molecule has 1 aromatic heterocycles. The van der Waals surface area contributed by atoms with Gasteiger partial charge in [0, 0.05) is 19.3 Å². The van der Waals surface area contributed by atoms with Gasteiger partial charge in [0.05, 0.1) is 24.1 Å². The molecule has 0 saturated carbocycles. The van der Waals surface area contributed by atoms with Crippen molar-refractivity contribution >= 4 is 33.1 Å². The molecule has 1 N–H and O–H groups in total. The van der Waals surface area contributed by atoms with E-state index >= 15 is 0 Å². The SMILES string of the molecule is CS(=O)(=O)c1ccc(CC(=O)N2CCCN2C(=S)NCc2ccco2)cc1. The molecular formula is C18H21N3O4S2. The summed E-state index contributed by atoms with van der Waals surface area (Å²) in [6, 6.07) is 10.0. The molecule has 27 heavy (non-hydrogen) atoms. The summed E-state index contributed by atoms with van der Waals surface area (Å²) in [5, 5.41) is 6.99. The minimum absolute atomic E-state index is 0.0817. The van der Waals surface area contributed by atoms with Crippen LogP contribution in [0, 0.1) is 0 Å². The lowest BCUT2D eigenvalue weighted by Gasteiger charge is -2.30. The second-order valence-corrected chi connectivity index (χ2v) is 8.73. The predicted molar refractivity (Wildman–Crippen MR) is 104 cm³/mol. The summed E-state index contributed by atoms with van der Waals surface area (Å²) in [5.74, 6) is 0.683. The van der Waals surface area contributed by atoms with Crippen LogP contribution in [0.4, 0.5) is 0 Å². The number of thiocarbonyl (C=S) groups is 1. The number of carbonyl (C=O) groups excluding carboxylic acids is 1. The number of hydrogen-bond acceptors (Lipinski definition) is 5. The Bertz CT molecular complexity index is 909. The minimum Gasteiger partial charge on any atom is -0.467 e. The third kappa shape index (κ3) is 4.86. The maximum Gasteiger partial charge on any atom is 0.245 e. The monoisotopic (exact) mass is 407 g/mol. The van der Waals surface area contributed by atoms with E-state index in [-0.39, 0.29) is 17.2 Å². The Kier molecular flexibility index (Phi) is 5.81. The van der Waals surface area contributed by atoms with E-state index in [0.717, 1.165) is 24.0 Å². The zero-order valence-electron chi connectivity index (χ0n) is 14.9. The van der Waals surface area contributed by atoms with E-state index in [1.54, 1.807) is 34.5 Å². The first kappa shape index (κ1) is 19.4. The van der Waals surface area contributed by atoms with Gasteiger partial charge in [0.25, 0.3) is 0 Å². The molecule has 144 valence electrons. The number of hydrazine groups is 1. The van der Waals surface area contributed by atoms with Gasteiger partial charge >= 0.3 is 0 Å². The maximum atomic E-state index is 12.7. The van der Waals surface area contributed by atoms with Crippen molar-refractivity contribution in [3.8, 4) is 0 Å². The smallest absolute Gasteiger partial charge is 0.245 e. The zero-order chi connectivity index (χ0) is 19.4. The van der Waals surface area contributed by atoms with E-state index < -0.39 is 9.84 Å². The molecule has 1 aromatic carbocycles. The first-order valence-corrected chi connectivity index (χ1v) is 10.8. The van der Waals surface area contributed by atoms with Crippen LogP contribution in [0.3, 0.4) is 0 Å². The van der Waals surface area contributed by atoms with Gasteiger partial charge in [-0.25, -0.2) is 8.42 Å². The third-order valence-corrected chi connectivity index (χ3v) is 5.74. The molecule has 0 spiro atoms. The van der Waals surface area contributed by atoms with Crippen molar-refractivity contribution in [3.63, 3.8) is 0 Å². The standard InChI is InChI=1S/C18H21N3O4S2/c1-27(23,24)16-7-5-14(6-8-16)12-17(22)20-9-3-10-21(20)18(26)19-13-15-4-2-11-25-15/h2,4-8,11H,3,9-10,12-13H2,1H3,(H,19,26). The van der Waals surface area contributed by atoms with Crippen LogP contribution in [-0.2, 0) is 27.6 Å². The number of amides is 1. The highest BCUT2D eigenvalue weighted by Gasteiger charge is 2.28. The van der Waals surface area contributed by atoms with Crippen molar-refractivity contribution in [2.45, 2.75) is 24.3 Å². The summed E-state index contributed by atoms with van der Waals surface area (Å²) in [4.78, 5) is 12.9. The summed E-state index contributed by atoms with van der Waals surface area (Å²) in [6.45, 7) is 1.73. The average molecular weight is 408 g/mol. The Balaban J connectivity index is 1.60. The van der Waals surface area contributed by atoms with E-state index in [9.17, 15) is 13.2 Å². The van der Waals surface area contributed by atoms with Gasteiger partial charge in [-0.15, -0.1) is 0 Å². The summed E-state index contributed by atoms with van der Waals surface area (Å²) < 4.78 is 28.3. The molecule has 0 bridgehead atoms. The predicted octanol–water partition coefficient (Wildman–Crippen LogP) is 1.75. The first-order chi connectivity index (χ1) is 12.8. The minimum atomic E-state index is -3.25. The lowest BCUT2D eigenvalue weighted by atomic mass is 10.1. The van der Waals surface area contributed by atoms with Gasteiger partial charge in [-0.3, -0.25) is 14.8 Å². The molecule has 2 aromatic rings. The molecule has 1 saturated heterocycles. The maximum absolute atomic E-state index is 12.7. The van der Waals surface area contributed by atoms with Gasteiger partial charge in [0.2, 0.25) is 5.91 Å². The fourth-order valence-corrected chi connectivity index (χ4v) is 3.76. The molecule has 0 unspecified atom stereocenters. The molecule has 0 atom stereocenters. The number of nitrogens with one attached hydrogen (secondary N) is 1. The molecule has 2 heterocycles. The quantitative estimate of drug-likeness (QED) is 0.756. The number of sulfone groups is 1. The summed E-state index contributed by atoms with van der Waals surface area (Å²) in [7, 11) is -3.25. The number of hydrogen-bond donors (Lipinski definition) is 1. The second kappa shape index (κ2) is 8.10. The van der Waals surface area contributed by atoms with Crippen molar-refractivity contribution in [3.05, 3.63) is 54.0 Å². The van der Waals surface area contributed by atoms with Gasteiger partial charge in [0.1, 0.15) is 5.76 Å². The molecule has 7 nitrogen and oxygen atoms in total. The van der Waals surface area contributed by atoms with E-state index in [2.05, 4.69) is 5.32 Å². The van der Waals surface area contributed by atoms with E-state index in [4.69, 9.17) is 16.6 Å². The molecule has 9 heteroatoms. The largest absolute Gasteiger partial charge is 0.467 e. The van der Waals surface area contributed by atoms with E-state index in [0.29, 0.717) is 24.7 Å². The number of carbonyl (C=O) groups is 1. The van der Waals surface area contributed by atoms with Crippen LogP contribution in [0.1, 0.15) is 17.7 Å². The molecule has 1 aliphatic rings. The van der Waals surface area contributed by atoms with Crippen LogP contribution in [0.2, 0.25) is 0 Å². The van der Waals surface area contributed by atoms with E-state index in [1.165, 1.54) is 12.1 Å². The van der Waals surface area contributed by atoms with Crippen molar-refractivity contribution < 1.29 is 17.6 Å². The number of furan rings is 1. The summed E-state index contributed by atoms with van der Waals surface area (Å²) in [5.41, 5.74) is 0.758. The van der Waals surface area contributed by atoms with Crippen LogP contribution >= 0.6 is 12.2 Å². The Hall–Kier alpha value is -2.39. The molecule has 0 radical (unpaired) electrons. The molecule has 1 amide bonds. The van der Waals surface area contributed by atoms with Crippen LogP contribution in [0.25, 0.3) is 0 Å². The third-order valence-electron chi connectivity index (χ3n) is 4.25. The van der Waals surface area contributed by atoms with Gasteiger partial charge in [-0.05, 0) is 48.5 Å². The fraction of sp³-hybridized carbons (Fsp3) is 0.333. The Morgan fingerprint density at radius 1 is 1.19 bits per heavy atom. The average Bonchev–Trinajstić information content (AvgIpc) is 3.31. The topological polar surface area (TPSA) is 82.9 Å². The molecule has 1 aliphatic heterocycles. The normalized spacial score (nSPS) is 14.4. The number of benzene rings is 1. The van der Waals surface area contributed by atoms with Crippen LogP contribution < -0.4 is 5.32 Å². The fourth-order valence-electron chi connectivity index (χ4n) is 2.87. The Morgan fingerprint density at radius 2 is 1.89 bits per heavy atom. The van der Waals surface area contributed by atoms with Crippen molar-refractivity contribution in [1.29, 1.82) is 0 Å². The van der Waals surface area contributed by atoms with Gasteiger partial charge in [-0.2, -0.15) is 0 Å². The highest BCUT2D eigenvalue weighted by atomic mass is 32.2. The molecular weight excluding hydrogens is 386 g/mol. The molecule has 1 fully saturated rings. The van der Waals surface area contributed by atoms with Crippen molar-refractivity contribution in [2.24, 2.45) is 0 Å². The van der Waals surface area contributed by atoms with Crippen molar-refractivity contribution in [2.75, 3.05) is 19.3 Å². The van der Waals surface area contributed by atoms with E-state index in [1.807, 2.05) is 6.07 Å². The van der Waals surface area contributed by atoms with Crippen LogP contribution in [0.15, 0.2) is 52.0 Å². The Labute approximate surface area is 163 Å². The van der Waals surface area contributed by atoms with Crippen LogP contribution in [0.5, 0.6) is 0 Å². The first-order valence-electron chi connectivity index (χ1n) is 8.51.